The maximum absolute atomic E-state index is 2.54. The van der Waals surface area contributed by atoms with Crippen molar-refractivity contribution in [3.63, 3.8) is 0 Å². The Morgan fingerprint density at radius 2 is 0.840 bits per heavy atom. The van der Waals surface area contributed by atoms with Crippen molar-refractivity contribution in [2.24, 2.45) is 0 Å². The van der Waals surface area contributed by atoms with Crippen LogP contribution in [0.25, 0.3) is 77.6 Å². The van der Waals surface area contributed by atoms with Crippen molar-refractivity contribution in [1.29, 1.82) is 0 Å². The second-order valence-corrected chi connectivity index (χ2v) is 27.4. The van der Waals surface area contributed by atoms with Crippen LogP contribution >= 0.6 is 0 Å². The lowest BCUT2D eigenvalue weighted by molar-refractivity contribution is 0.660. The van der Waals surface area contributed by atoms with Gasteiger partial charge in [-0.1, -0.05) is 252 Å². The topological polar surface area (TPSA) is 11.4 Å². The summed E-state index contributed by atoms with van der Waals surface area (Å²) in [5.74, 6) is 0.140. The number of aromatic nitrogens is 1. The first kappa shape index (κ1) is 54.5. The van der Waals surface area contributed by atoms with Crippen LogP contribution in [0.3, 0.4) is 0 Å². The van der Waals surface area contributed by atoms with Crippen LogP contribution in [0, 0.1) is 0 Å². The van der Waals surface area contributed by atoms with Gasteiger partial charge in [0.1, 0.15) is 0 Å². The monoisotopic (exact) mass is 1200 g/mol. The number of nitrogens with zero attached hydrogens (tertiary/aromatic N) is 3. The molecule has 1 heterocycles. The number of hydrogen-bond acceptors (Lipinski definition) is 2. The van der Waals surface area contributed by atoms with E-state index in [4.69, 9.17) is 0 Å². The molecule has 3 nitrogen and oxygen atoms in total. The zero-order valence-electron chi connectivity index (χ0n) is 53.1. The van der Waals surface area contributed by atoms with E-state index in [0.717, 1.165) is 46.1 Å². The third-order valence-corrected chi connectivity index (χ3v) is 22.0. The minimum Gasteiger partial charge on any atom is -0.309 e. The fourth-order valence-electron chi connectivity index (χ4n) is 17.8. The van der Waals surface area contributed by atoms with Crippen molar-refractivity contribution in [2.75, 3.05) is 9.80 Å². The molecule has 0 saturated carbocycles. The summed E-state index contributed by atoms with van der Waals surface area (Å²) >= 11 is 0. The van der Waals surface area contributed by atoms with Gasteiger partial charge in [0.15, 0.2) is 0 Å². The molecule has 0 bridgehead atoms. The van der Waals surface area contributed by atoms with Crippen molar-refractivity contribution in [2.45, 2.75) is 56.3 Å². The molecule has 2 unspecified atom stereocenters. The van der Waals surface area contributed by atoms with Gasteiger partial charge in [-0.15, -0.1) is 0 Å². The van der Waals surface area contributed by atoms with E-state index in [-0.39, 0.29) is 16.7 Å². The van der Waals surface area contributed by atoms with Gasteiger partial charge in [0.05, 0.1) is 27.8 Å². The summed E-state index contributed by atoms with van der Waals surface area (Å²) < 4.78 is 2.43. The summed E-state index contributed by atoms with van der Waals surface area (Å²) in [6.45, 7) is 9.55. The van der Waals surface area contributed by atoms with Gasteiger partial charge in [-0.05, 0) is 203 Å². The van der Waals surface area contributed by atoms with Crippen LogP contribution in [0.1, 0.15) is 90.1 Å². The van der Waals surface area contributed by atoms with E-state index < -0.39 is 5.41 Å². The smallest absolute Gasteiger partial charge is 0.0722 e. The van der Waals surface area contributed by atoms with Crippen molar-refractivity contribution in [1.82, 2.24) is 4.57 Å². The Labute approximate surface area is 550 Å². The molecule has 0 fully saturated rings. The van der Waals surface area contributed by atoms with Gasteiger partial charge in [-0.25, -0.2) is 0 Å². The molecule has 5 aliphatic rings. The third-order valence-electron chi connectivity index (χ3n) is 22.0. The molecule has 1 spiro atoms. The lowest BCUT2D eigenvalue weighted by Crippen LogP contribution is -2.27. The lowest BCUT2D eigenvalue weighted by Gasteiger charge is -2.35. The van der Waals surface area contributed by atoms with E-state index in [1.165, 1.54) is 128 Å². The van der Waals surface area contributed by atoms with E-state index in [0.29, 0.717) is 0 Å². The number of allylic oxidation sites excluding steroid dienone is 4. The minimum absolute atomic E-state index is 0.140. The Balaban J connectivity index is 0.834. The summed E-state index contributed by atoms with van der Waals surface area (Å²) in [6, 6.07) is 115. The first-order chi connectivity index (χ1) is 46.2. The van der Waals surface area contributed by atoms with E-state index in [1.54, 1.807) is 0 Å². The lowest BCUT2D eigenvalue weighted by atomic mass is 9.68. The molecule has 0 radical (unpaired) electrons. The van der Waals surface area contributed by atoms with Gasteiger partial charge in [0, 0.05) is 56.0 Å². The summed E-state index contributed by atoms with van der Waals surface area (Å²) in [5, 5.41) is 2.56. The molecular formula is C91H67N3. The molecular weight excluding hydrogens is 1140 g/mol. The van der Waals surface area contributed by atoms with Crippen LogP contribution in [0.15, 0.2) is 321 Å². The number of para-hydroxylation sites is 4. The highest BCUT2D eigenvalue weighted by Gasteiger charge is 2.54. The number of hydrogen-bond donors (Lipinski definition) is 0. The van der Waals surface area contributed by atoms with Gasteiger partial charge >= 0.3 is 0 Å². The average molecular weight is 1200 g/mol. The van der Waals surface area contributed by atoms with E-state index >= 15 is 0 Å². The van der Waals surface area contributed by atoms with Crippen LogP contribution in [-0.2, 0) is 16.2 Å². The van der Waals surface area contributed by atoms with Gasteiger partial charge in [0.25, 0.3) is 0 Å². The number of rotatable bonds is 9. The molecule has 19 rings (SSSR count). The zero-order chi connectivity index (χ0) is 62.6. The van der Waals surface area contributed by atoms with E-state index in [2.05, 4.69) is 358 Å². The molecule has 0 saturated heterocycles. The molecule has 3 heteroatoms. The molecule has 13 aromatic carbocycles. The van der Waals surface area contributed by atoms with Gasteiger partial charge in [-0.3, -0.25) is 0 Å². The summed E-state index contributed by atoms with van der Waals surface area (Å²) in [4.78, 5) is 5.05. The molecule has 2 atom stereocenters. The minimum atomic E-state index is -0.560. The van der Waals surface area contributed by atoms with Gasteiger partial charge < -0.3 is 14.4 Å². The summed E-state index contributed by atoms with van der Waals surface area (Å²) in [7, 11) is 0. The molecule has 14 aromatic rings. The Hall–Kier alpha value is -11.3. The molecule has 0 aliphatic heterocycles. The molecule has 446 valence electrons. The Bertz CT molecular complexity index is 5550. The van der Waals surface area contributed by atoms with Crippen LogP contribution < -0.4 is 9.80 Å². The van der Waals surface area contributed by atoms with Crippen molar-refractivity contribution >= 4 is 61.5 Å². The molecule has 0 amide bonds. The molecule has 94 heavy (non-hydrogen) atoms. The van der Waals surface area contributed by atoms with Crippen LogP contribution in [0.5, 0.6) is 0 Å². The summed E-state index contributed by atoms with van der Waals surface area (Å²) in [5.41, 5.74) is 34.2. The second-order valence-electron chi connectivity index (χ2n) is 27.4. The summed E-state index contributed by atoms with van der Waals surface area (Å²) in [6.07, 6.45) is 5.89. The highest BCUT2D eigenvalue weighted by Crippen LogP contribution is 2.67. The maximum Gasteiger partial charge on any atom is 0.0722 e. The van der Waals surface area contributed by atoms with Crippen LogP contribution in [0.4, 0.5) is 34.1 Å². The van der Waals surface area contributed by atoms with E-state index in [9.17, 15) is 0 Å². The number of fused-ring (bicyclic) bond motifs is 18. The molecule has 0 N–H and O–H groups in total. The number of anilines is 6. The number of benzene rings is 13. The average Bonchev–Trinajstić information content (AvgIpc) is 1.50. The second kappa shape index (κ2) is 20.4. The van der Waals surface area contributed by atoms with Gasteiger partial charge in [-0.2, -0.15) is 0 Å². The third kappa shape index (κ3) is 7.61. The maximum atomic E-state index is 2.54. The highest BCUT2D eigenvalue weighted by molar-refractivity contribution is 6.10. The van der Waals surface area contributed by atoms with Gasteiger partial charge in [0.2, 0.25) is 0 Å². The normalized spacial score (nSPS) is 16.9. The SMILES string of the molecule is CC1(C)c2ccccc2-c2ccc(N(c3ccccc3)c3ccc(-c4cccc5c4-c4ccccc4C54C5=C(c6ccccc64)C(c4ccc6c(c4)c4ccccc4n6-c4ccccc4)CC=C5)cc3N(c3ccccc3)c3ccc4c(c3)C(C)(C)c3ccccc3-4)cc21. The van der Waals surface area contributed by atoms with Crippen molar-refractivity contribution in [3.05, 3.63) is 371 Å². The Morgan fingerprint density at radius 3 is 1.49 bits per heavy atom. The highest BCUT2D eigenvalue weighted by atomic mass is 15.2. The Morgan fingerprint density at radius 1 is 0.340 bits per heavy atom. The quantitative estimate of drug-likeness (QED) is 0.143. The van der Waals surface area contributed by atoms with Crippen LogP contribution in [0.2, 0.25) is 0 Å². The fraction of sp³-hybridized carbons (Fsp3) is 0.0989. The first-order valence-electron chi connectivity index (χ1n) is 33.3. The van der Waals surface area contributed by atoms with E-state index in [1.807, 2.05) is 0 Å². The standard InChI is InChI=1S/C91H67N3/c1-89(2)75-39-19-14-32-67(75)69-50-48-63(56-81(69)89)92(60-26-8-5-9-27-60)85-53-47-59(55-86(85)93(61-28-10-6-11-29-61)64-49-51-70-68-33-15-20-40-76(68)90(3,4)82(70)57-64)66-38-25-44-80-88(66)73-36-17-22-42-78(73)91(80)77-41-21-16-35-72(77)87-65(37-24-43-79(87)91)58-46-52-84-74(54-58)71-34-18-23-45-83(71)94(84)62-30-12-7-13-31-62/h5-36,38-57,65H,37H2,1-4H3. The molecule has 5 aliphatic carbocycles. The largest absolute Gasteiger partial charge is 0.309 e. The van der Waals surface area contributed by atoms with Crippen LogP contribution in [-0.4, -0.2) is 4.57 Å². The van der Waals surface area contributed by atoms with Crippen molar-refractivity contribution < 1.29 is 0 Å². The first-order valence-corrected chi connectivity index (χ1v) is 33.3. The fourth-order valence-corrected chi connectivity index (χ4v) is 17.8. The molecule has 1 aromatic heterocycles. The Kier molecular flexibility index (Phi) is 11.8. The predicted molar refractivity (Wildman–Crippen MR) is 392 cm³/mol. The van der Waals surface area contributed by atoms with Crippen molar-refractivity contribution in [3.8, 4) is 50.2 Å². The predicted octanol–water partition coefficient (Wildman–Crippen LogP) is 23.8. The zero-order valence-corrected chi connectivity index (χ0v) is 53.1.